The molecule has 3 aromatic carbocycles. The number of alkyl halides is 3. The molecule has 2 aliphatic rings. The van der Waals surface area contributed by atoms with E-state index in [1.165, 1.54) is 41.0 Å². The Morgan fingerprint density at radius 3 is 2.21 bits per heavy atom. The number of para-hydroxylation sites is 1. The van der Waals surface area contributed by atoms with Gasteiger partial charge in [-0.1, -0.05) is 47.4 Å². The molecule has 3 amide bonds. The van der Waals surface area contributed by atoms with Gasteiger partial charge in [-0.2, -0.15) is 13.2 Å². The van der Waals surface area contributed by atoms with Crippen molar-refractivity contribution in [1.29, 1.82) is 0 Å². The molecule has 3 atom stereocenters. The molecule has 0 saturated carbocycles. The normalized spacial score (nSPS) is 19.0. The van der Waals surface area contributed by atoms with Crippen molar-refractivity contribution in [3.8, 4) is 0 Å². The number of imide groups is 1. The molecule has 1 fully saturated rings. The average molecular weight is 685 g/mol. The van der Waals surface area contributed by atoms with Crippen molar-refractivity contribution in [1.82, 2.24) is 4.57 Å². The van der Waals surface area contributed by atoms with E-state index in [0.717, 1.165) is 54.0 Å². The lowest BCUT2D eigenvalue weighted by Gasteiger charge is -2.31. The fraction of sp³-hybridized carbons (Fsp3) is 0.273. The number of thiazole rings is 1. The molecule has 47 heavy (non-hydrogen) atoms. The van der Waals surface area contributed by atoms with E-state index in [0.29, 0.717) is 26.1 Å². The number of amides is 3. The van der Waals surface area contributed by atoms with Crippen molar-refractivity contribution in [2.75, 3.05) is 28.2 Å². The van der Waals surface area contributed by atoms with Crippen LogP contribution in [-0.2, 0) is 27.1 Å². The number of carbonyl (C=O) groups excluding carboxylic acids is 3. The van der Waals surface area contributed by atoms with Crippen LogP contribution in [0, 0.1) is 11.7 Å². The SMILES string of the molecule is CCN(CC)c1ccc([C@H]2c3sc(=O)n(CC(=O)Nc4ccc(F)cc4)c3SC3C(=O)N(c4ccccc4C(F)(F)F)C(=O)C32)cc1. The van der Waals surface area contributed by atoms with Gasteiger partial charge in [0.1, 0.15) is 17.6 Å². The number of aromatic nitrogens is 1. The van der Waals surface area contributed by atoms with Crippen molar-refractivity contribution in [3.63, 3.8) is 0 Å². The highest BCUT2D eigenvalue weighted by atomic mass is 32.2. The Morgan fingerprint density at radius 2 is 1.57 bits per heavy atom. The van der Waals surface area contributed by atoms with Crippen LogP contribution in [0.2, 0.25) is 0 Å². The number of anilines is 3. The van der Waals surface area contributed by atoms with Gasteiger partial charge < -0.3 is 10.2 Å². The Labute approximate surface area is 275 Å². The maximum atomic E-state index is 14.1. The number of thioether (sulfide) groups is 1. The van der Waals surface area contributed by atoms with Gasteiger partial charge >= 0.3 is 11.0 Å². The highest BCUT2D eigenvalue weighted by Crippen LogP contribution is 2.54. The Balaban J connectivity index is 1.43. The predicted molar refractivity (Wildman–Crippen MR) is 173 cm³/mol. The Hall–Kier alpha value is -4.43. The molecule has 4 aromatic rings. The molecule has 1 saturated heterocycles. The standard InChI is InChI=1S/C33H28F4N4O4S2/c1-3-39(4-2)21-15-9-18(10-16-21)25-26-27(30(44)41(29(26)43)23-8-6-5-7-22(23)33(35,36)37)46-31-28(25)47-32(45)40(31)17-24(42)38-20-13-11-19(34)12-14-20/h5-16,25-27H,3-4,17H2,1-2H3,(H,38,42)/t25-,26?,27?/m1/s1. The molecule has 2 unspecified atom stereocenters. The van der Waals surface area contributed by atoms with Crippen molar-refractivity contribution in [3.05, 3.63) is 104 Å². The smallest absolute Gasteiger partial charge is 0.372 e. The molecule has 6 rings (SSSR count). The van der Waals surface area contributed by atoms with Crippen LogP contribution >= 0.6 is 23.1 Å². The first-order valence-electron chi connectivity index (χ1n) is 14.8. The highest BCUT2D eigenvalue weighted by molar-refractivity contribution is 8.00. The van der Waals surface area contributed by atoms with Crippen LogP contribution in [0.5, 0.6) is 0 Å². The van der Waals surface area contributed by atoms with E-state index >= 15 is 0 Å². The first-order valence-corrected chi connectivity index (χ1v) is 16.5. The largest absolute Gasteiger partial charge is 0.418 e. The van der Waals surface area contributed by atoms with Gasteiger partial charge in [-0.3, -0.25) is 23.7 Å². The third-order valence-corrected chi connectivity index (χ3v) is 10.9. The lowest BCUT2D eigenvalue weighted by molar-refractivity contribution is -0.137. The maximum Gasteiger partial charge on any atom is 0.418 e. The van der Waals surface area contributed by atoms with E-state index in [9.17, 15) is 36.7 Å². The number of rotatable bonds is 8. The van der Waals surface area contributed by atoms with Crippen LogP contribution < -0.4 is 20.0 Å². The molecule has 0 aliphatic carbocycles. The predicted octanol–water partition coefficient (Wildman–Crippen LogP) is 6.35. The number of benzene rings is 3. The van der Waals surface area contributed by atoms with Gasteiger partial charge in [0.15, 0.2) is 0 Å². The molecule has 14 heteroatoms. The second kappa shape index (κ2) is 12.6. The summed E-state index contributed by atoms with van der Waals surface area (Å²) in [5.41, 5.74) is 0.157. The van der Waals surface area contributed by atoms with E-state index in [2.05, 4.69) is 10.2 Å². The summed E-state index contributed by atoms with van der Waals surface area (Å²) in [6, 6.07) is 16.9. The first kappa shape index (κ1) is 32.5. The summed E-state index contributed by atoms with van der Waals surface area (Å²) in [4.78, 5) is 57.2. The summed E-state index contributed by atoms with van der Waals surface area (Å²) in [6.45, 7) is 5.07. The number of carbonyl (C=O) groups is 3. The quantitative estimate of drug-likeness (QED) is 0.172. The highest BCUT2D eigenvalue weighted by Gasteiger charge is 2.57. The number of hydrogen-bond donors (Lipinski definition) is 1. The minimum atomic E-state index is -4.82. The summed E-state index contributed by atoms with van der Waals surface area (Å²) in [7, 11) is 0. The second-order valence-electron chi connectivity index (χ2n) is 11.0. The molecule has 1 aromatic heterocycles. The van der Waals surface area contributed by atoms with Crippen molar-refractivity contribution in [2.24, 2.45) is 5.92 Å². The van der Waals surface area contributed by atoms with Gasteiger partial charge in [0, 0.05) is 35.3 Å². The summed E-state index contributed by atoms with van der Waals surface area (Å²) in [6.07, 6.45) is -4.82. The number of nitrogens with zero attached hydrogens (tertiary/aromatic N) is 3. The molecule has 2 aliphatic heterocycles. The topological polar surface area (TPSA) is 91.7 Å². The number of hydrogen-bond acceptors (Lipinski definition) is 7. The number of fused-ring (bicyclic) bond motifs is 2. The molecule has 0 spiro atoms. The molecule has 8 nitrogen and oxygen atoms in total. The third-order valence-electron chi connectivity index (χ3n) is 8.31. The Morgan fingerprint density at radius 1 is 0.915 bits per heavy atom. The fourth-order valence-corrected chi connectivity index (χ4v) is 8.89. The summed E-state index contributed by atoms with van der Waals surface area (Å²) < 4.78 is 56.7. The molecule has 0 bridgehead atoms. The molecule has 3 heterocycles. The zero-order valence-corrected chi connectivity index (χ0v) is 26.7. The van der Waals surface area contributed by atoms with Crippen LogP contribution in [0.4, 0.5) is 34.6 Å². The Bertz CT molecular complexity index is 1900. The first-order chi connectivity index (χ1) is 22.4. The second-order valence-corrected chi connectivity index (χ2v) is 13.1. The average Bonchev–Trinajstić information content (AvgIpc) is 3.48. The molecular weight excluding hydrogens is 657 g/mol. The van der Waals surface area contributed by atoms with Crippen LogP contribution in [0.1, 0.15) is 35.8 Å². The molecule has 0 radical (unpaired) electrons. The summed E-state index contributed by atoms with van der Waals surface area (Å²) in [5.74, 6) is -4.67. The maximum absolute atomic E-state index is 14.1. The molecule has 244 valence electrons. The summed E-state index contributed by atoms with van der Waals surface area (Å²) >= 11 is 1.74. The van der Waals surface area contributed by atoms with Crippen molar-refractivity contribution < 1.29 is 31.9 Å². The van der Waals surface area contributed by atoms with Gasteiger partial charge in [0.25, 0.3) is 0 Å². The van der Waals surface area contributed by atoms with E-state index in [1.807, 2.05) is 26.0 Å². The zero-order valence-electron chi connectivity index (χ0n) is 25.1. The van der Waals surface area contributed by atoms with Crippen LogP contribution in [0.25, 0.3) is 0 Å². The van der Waals surface area contributed by atoms with Crippen LogP contribution in [0.3, 0.4) is 0 Å². The summed E-state index contributed by atoms with van der Waals surface area (Å²) in [5, 5.41) is 1.74. The van der Waals surface area contributed by atoms with E-state index < -0.39 is 69.5 Å². The van der Waals surface area contributed by atoms with Crippen LogP contribution in [0.15, 0.2) is 82.6 Å². The minimum Gasteiger partial charge on any atom is -0.372 e. The van der Waals surface area contributed by atoms with Gasteiger partial charge in [-0.15, -0.1) is 0 Å². The van der Waals surface area contributed by atoms with Crippen LogP contribution in [-0.4, -0.2) is 40.6 Å². The number of nitrogens with one attached hydrogen (secondary N) is 1. The van der Waals surface area contributed by atoms with Crippen molar-refractivity contribution in [2.45, 2.75) is 42.8 Å². The van der Waals surface area contributed by atoms with Gasteiger partial charge in [-0.25, -0.2) is 9.29 Å². The monoisotopic (exact) mass is 684 g/mol. The van der Waals surface area contributed by atoms with Gasteiger partial charge in [-0.05, 0) is 67.9 Å². The zero-order chi connectivity index (χ0) is 33.6. The number of halogens is 4. The lowest BCUT2D eigenvalue weighted by Crippen LogP contribution is -2.33. The van der Waals surface area contributed by atoms with E-state index in [4.69, 9.17) is 0 Å². The van der Waals surface area contributed by atoms with Crippen molar-refractivity contribution >= 4 is 57.9 Å². The third kappa shape index (κ3) is 5.95. The fourth-order valence-electron chi connectivity index (χ4n) is 6.12. The minimum absolute atomic E-state index is 0.292. The lowest BCUT2D eigenvalue weighted by atomic mass is 9.83. The molecule has 1 N–H and O–H groups in total. The van der Waals surface area contributed by atoms with E-state index in [-0.39, 0.29) is 0 Å². The van der Waals surface area contributed by atoms with E-state index in [1.54, 1.807) is 12.1 Å². The van der Waals surface area contributed by atoms with Gasteiger partial charge in [0.2, 0.25) is 17.7 Å². The Kier molecular flexibility index (Phi) is 8.74. The van der Waals surface area contributed by atoms with Gasteiger partial charge in [0.05, 0.1) is 22.2 Å². The molecular formula is C33H28F4N4O4S2.